The number of aromatic nitrogens is 3. The molecule has 0 fully saturated rings. The maximum atomic E-state index is 13.2. The van der Waals surface area contributed by atoms with Gasteiger partial charge in [0.25, 0.3) is 5.91 Å². The summed E-state index contributed by atoms with van der Waals surface area (Å²) in [6, 6.07) is 7.72. The SMILES string of the molecule is CCC(C)C1=CC(CCCNC(=O)c2ccnc3nc(-c4ccc(F)cc4)[nH]c23)=CCN1. The number of nitrogens with one attached hydrogen (secondary N) is 3. The Morgan fingerprint density at radius 1 is 1.25 bits per heavy atom. The lowest BCUT2D eigenvalue weighted by Crippen LogP contribution is -2.25. The molecule has 3 aromatic rings. The van der Waals surface area contributed by atoms with Gasteiger partial charge in [0.15, 0.2) is 5.65 Å². The quantitative estimate of drug-likeness (QED) is 0.449. The largest absolute Gasteiger partial charge is 0.385 e. The first-order chi connectivity index (χ1) is 15.5. The van der Waals surface area contributed by atoms with E-state index in [0.717, 1.165) is 31.4 Å². The molecule has 3 N–H and O–H groups in total. The summed E-state index contributed by atoms with van der Waals surface area (Å²) in [5.74, 6) is 0.605. The number of halogens is 1. The van der Waals surface area contributed by atoms with E-state index in [1.54, 1.807) is 24.4 Å². The van der Waals surface area contributed by atoms with Gasteiger partial charge in [-0.25, -0.2) is 14.4 Å². The lowest BCUT2D eigenvalue weighted by atomic mass is 9.98. The predicted octanol–water partition coefficient (Wildman–Crippen LogP) is 4.73. The summed E-state index contributed by atoms with van der Waals surface area (Å²) in [5, 5.41) is 6.45. The van der Waals surface area contributed by atoms with Crippen LogP contribution in [0, 0.1) is 11.7 Å². The number of hydrogen-bond acceptors (Lipinski definition) is 4. The smallest absolute Gasteiger partial charge is 0.253 e. The van der Waals surface area contributed by atoms with Crippen molar-refractivity contribution in [3.8, 4) is 11.4 Å². The van der Waals surface area contributed by atoms with Crippen LogP contribution in [0.4, 0.5) is 4.39 Å². The Kier molecular flexibility index (Phi) is 6.63. The van der Waals surface area contributed by atoms with Crippen molar-refractivity contribution in [3.05, 3.63) is 71.3 Å². The van der Waals surface area contributed by atoms with E-state index in [9.17, 15) is 9.18 Å². The van der Waals surface area contributed by atoms with Crippen LogP contribution in [-0.4, -0.2) is 33.9 Å². The molecule has 1 aliphatic rings. The summed E-state index contributed by atoms with van der Waals surface area (Å²) in [6.07, 6.45) is 8.92. The van der Waals surface area contributed by atoms with Crippen LogP contribution in [0.1, 0.15) is 43.5 Å². The summed E-state index contributed by atoms with van der Waals surface area (Å²) in [6.45, 7) is 5.87. The minimum absolute atomic E-state index is 0.165. The van der Waals surface area contributed by atoms with E-state index in [1.165, 1.54) is 23.4 Å². The van der Waals surface area contributed by atoms with Gasteiger partial charge in [-0.15, -0.1) is 0 Å². The summed E-state index contributed by atoms with van der Waals surface area (Å²) in [7, 11) is 0. The number of fused-ring (bicyclic) bond motifs is 1. The van der Waals surface area contributed by atoms with Gasteiger partial charge in [-0.05, 0) is 67.2 Å². The van der Waals surface area contributed by atoms with Crippen molar-refractivity contribution in [1.29, 1.82) is 0 Å². The molecule has 0 bridgehead atoms. The molecule has 1 unspecified atom stereocenters. The highest BCUT2D eigenvalue weighted by Gasteiger charge is 2.15. The maximum Gasteiger partial charge on any atom is 0.253 e. The van der Waals surface area contributed by atoms with Crippen LogP contribution >= 0.6 is 0 Å². The molecule has 1 aromatic carbocycles. The highest BCUT2D eigenvalue weighted by Crippen LogP contribution is 2.22. The number of H-pyrrole nitrogens is 1. The van der Waals surface area contributed by atoms with Gasteiger partial charge >= 0.3 is 0 Å². The zero-order valence-electron chi connectivity index (χ0n) is 18.4. The summed E-state index contributed by atoms with van der Waals surface area (Å²) in [5.41, 5.74) is 4.87. The van der Waals surface area contributed by atoms with Gasteiger partial charge in [0, 0.05) is 30.5 Å². The molecule has 1 aliphatic heterocycles. The minimum atomic E-state index is -0.310. The van der Waals surface area contributed by atoms with E-state index in [2.05, 4.69) is 51.6 Å². The molecule has 0 aliphatic carbocycles. The Morgan fingerprint density at radius 2 is 2.06 bits per heavy atom. The molecule has 0 radical (unpaired) electrons. The van der Waals surface area contributed by atoms with Crippen molar-refractivity contribution in [2.75, 3.05) is 13.1 Å². The fourth-order valence-corrected chi connectivity index (χ4v) is 3.75. The van der Waals surface area contributed by atoms with Gasteiger partial charge in [0.1, 0.15) is 11.6 Å². The fourth-order valence-electron chi connectivity index (χ4n) is 3.75. The number of nitrogens with zero attached hydrogens (tertiary/aromatic N) is 2. The number of hydrogen-bond donors (Lipinski definition) is 3. The number of carbonyl (C=O) groups is 1. The number of imidazole rings is 1. The topological polar surface area (TPSA) is 82.7 Å². The van der Waals surface area contributed by atoms with E-state index in [0.29, 0.717) is 35.0 Å². The number of rotatable bonds is 8. The van der Waals surface area contributed by atoms with Crippen LogP contribution in [0.5, 0.6) is 0 Å². The van der Waals surface area contributed by atoms with Crippen molar-refractivity contribution in [2.45, 2.75) is 33.1 Å². The van der Waals surface area contributed by atoms with Crippen LogP contribution in [0.15, 0.2) is 60.0 Å². The van der Waals surface area contributed by atoms with E-state index in [-0.39, 0.29) is 11.7 Å². The number of pyridine rings is 1. The average molecular weight is 434 g/mol. The first-order valence-electron chi connectivity index (χ1n) is 11.1. The zero-order chi connectivity index (χ0) is 22.5. The Morgan fingerprint density at radius 3 is 2.84 bits per heavy atom. The van der Waals surface area contributed by atoms with Gasteiger partial charge < -0.3 is 15.6 Å². The van der Waals surface area contributed by atoms with E-state index in [1.807, 2.05) is 0 Å². The summed E-state index contributed by atoms with van der Waals surface area (Å²) >= 11 is 0. The molecule has 166 valence electrons. The predicted molar refractivity (Wildman–Crippen MR) is 124 cm³/mol. The maximum absolute atomic E-state index is 13.2. The van der Waals surface area contributed by atoms with Crippen molar-refractivity contribution < 1.29 is 9.18 Å². The zero-order valence-corrected chi connectivity index (χ0v) is 18.4. The first kappa shape index (κ1) is 21.7. The van der Waals surface area contributed by atoms with E-state index >= 15 is 0 Å². The summed E-state index contributed by atoms with van der Waals surface area (Å²) in [4.78, 5) is 24.7. The lowest BCUT2D eigenvalue weighted by Gasteiger charge is -2.20. The fraction of sp³-hybridized carbons (Fsp3) is 0.320. The normalized spacial score (nSPS) is 14.5. The highest BCUT2D eigenvalue weighted by molar-refractivity contribution is 6.04. The number of carbonyl (C=O) groups excluding carboxylic acids is 1. The lowest BCUT2D eigenvalue weighted by molar-refractivity contribution is 0.0954. The molecule has 7 heteroatoms. The van der Waals surface area contributed by atoms with Crippen LogP contribution in [0.2, 0.25) is 0 Å². The number of allylic oxidation sites excluding steroid dienone is 3. The van der Waals surface area contributed by atoms with Crippen molar-refractivity contribution in [2.24, 2.45) is 5.92 Å². The molecular formula is C25H28FN5O. The molecule has 3 heterocycles. The van der Waals surface area contributed by atoms with Crippen molar-refractivity contribution in [1.82, 2.24) is 25.6 Å². The second-order valence-corrected chi connectivity index (χ2v) is 8.08. The van der Waals surface area contributed by atoms with Crippen molar-refractivity contribution >= 4 is 17.1 Å². The molecular weight excluding hydrogens is 405 g/mol. The number of amides is 1. The molecule has 0 spiro atoms. The van der Waals surface area contributed by atoms with Crippen LogP contribution in [-0.2, 0) is 0 Å². The molecule has 2 aromatic heterocycles. The third kappa shape index (κ3) is 4.88. The molecule has 0 saturated heterocycles. The molecule has 1 amide bonds. The van der Waals surface area contributed by atoms with Gasteiger partial charge in [-0.2, -0.15) is 0 Å². The first-order valence-corrected chi connectivity index (χ1v) is 11.1. The molecule has 0 saturated carbocycles. The molecule has 1 atom stereocenters. The Hall–Kier alpha value is -3.48. The second-order valence-electron chi connectivity index (χ2n) is 8.08. The van der Waals surface area contributed by atoms with Crippen molar-refractivity contribution in [3.63, 3.8) is 0 Å². The molecule has 4 rings (SSSR count). The van der Waals surface area contributed by atoms with E-state index in [4.69, 9.17) is 0 Å². The second kappa shape index (κ2) is 9.77. The van der Waals surface area contributed by atoms with Gasteiger partial charge in [-0.1, -0.05) is 19.9 Å². The van der Waals surface area contributed by atoms with Gasteiger partial charge in [0.2, 0.25) is 0 Å². The Bertz CT molecular complexity index is 1160. The van der Waals surface area contributed by atoms with Gasteiger partial charge in [-0.3, -0.25) is 4.79 Å². The number of aromatic amines is 1. The van der Waals surface area contributed by atoms with E-state index < -0.39 is 0 Å². The van der Waals surface area contributed by atoms with Crippen LogP contribution in [0.3, 0.4) is 0 Å². The monoisotopic (exact) mass is 433 g/mol. The minimum Gasteiger partial charge on any atom is -0.385 e. The Labute approximate surface area is 187 Å². The summed E-state index contributed by atoms with van der Waals surface area (Å²) < 4.78 is 13.2. The van der Waals surface area contributed by atoms with Gasteiger partial charge in [0.05, 0.1) is 11.1 Å². The number of benzene rings is 1. The highest BCUT2D eigenvalue weighted by atomic mass is 19.1. The third-order valence-electron chi connectivity index (χ3n) is 5.84. The standard InChI is InChI=1S/C25H28FN5O/c1-3-16(2)21-15-17(10-13-27-21)5-4-12-29-25(32)20-11-14-28-24-22(20)30-23(31-24)18-6-8-19(26)9-7-18/h6-11,14-16,27H,3-5,12-13H2,1-2H3,(H,29,32)(H,28,30,31). The Balaban J connectivity index is 1.38. The third-order valence-corrected chi connectivity index (χ3v) is 5.84. The van der Waals surface area contributed by atoms with Crippen LogP contribution in [0.25, 0.3) is 22.6 Å². The average Bonchev–Trinajstić information content (AvgIpc) is 3.26. The molecule has 6 nitrogen and oxygen atoms in total. The molecule has 32 heavy (non-hydrogen) atoms. The van der Waals surface area contributed by atoms with Crippen LogP contribution < -0.4 is 10.6 Å². The number of dihydropyridines is 1.